The molecule has 1 aromatic heterocycles. The number of carbonyl (C=O) groups is 2. The van der Waals surface area contributed by atoms with E-state index in [-0.39, 0.29) is 12.5 Å². The van der Waals surface area contributed by atoms with Gasteiger partial charge in [0.25, 0.3) is 0 Å². The van der Waals surface area contributed by atoms with Crippen LogP contribution in [0.1, 0.15) is 6.92 Å². The van der Waals surface area contributed by atoms with E-state index in [4.69, 9.17) is 27.9 Å². The van der Waals surface area contributed by atoms with Crippen LogP contribution in [0.25, 0.3) is 11.1 Å². The number of amides is 2. The average molecular weight is 380 g/mol. The molecule has 6 nitrogen and oxygen atoms in total. The Morgan fingerprint density at radius 3 is 2.72 bits per heavy atom. The van der Waals surface area contributed by atoms with Gasteiger partial charge in [-0.1, -0.05) is 29.3 Å². The molecule has 2 aromatic rings. The normalized spacial score (nSPS) is 16.7. The Bertz CT molecular complexity index is 791. The topological polar surface area (TPSA) is 71.5 Å². The minimum atomic E-state index is -0.503. The lowest BCUT2D eigenvalue weighted by Gasteiger charge is -2.16. The number of anilines is 1. The second-order valence-electron chi connectivity index (χ2n) is 5.58. The van der Waals surface area contributed by atoms with Crippen LogP contribution in [0.15, 0.2) is 36.7 Å². The van der Waals surface area contributed by atoms with E-state index >= 15 is 0 Å². The molecule has 1 saturated heterocycles. The van der Waals surface area contributed by atoms with E-state index in [1.807, 2.05) is 6.07 Å². The van der Waals surface area contributed by atoms with Gasteiger partial charge in [0.1, 0.15) is 6.10 Å². The van der Waals surface area contributed by atoms with Gasteiger partial charge < -0.3 is 10.1 Å². The molecule has 25 heavy (non-hydrogen) atoms. The Labute approximate surface area is 154 Å². The summed E-state index contributed by atoms with van der Waals surface area (Å²) < 4.78 is 5.25. The van der Waals surface area contributed by atoms with E-state index in [0.717, 1.165) is 5.56 Å². The van der Waals surface area contributed by atoms with E-state index in [9.17, 15) is 9.59 Å². The van der Waals surface area contributed by atoms with E-state index < -0.39 is 12.2 Å². The van der Waals surface area contributed by atoms with Crippen molar-refractivity contribution in [1.29, 1.82) is 0 Å². The van der Waals surface area contributed by atoms with Crippen LogP contribution in [0, 0.1) is 0 Å². The number of pyridine rings is 1. The molecule has 0 radical (unpaired) electrons. The Morgan fingerprint density at radius 1 is 1.40 bits per heavy atom. The quantitative estimate of drug-likeness (QED) is 0.881. The molecule has 130 valence electrons. The van der Waals surface area contributed by atoms with Crippen LogP contribution >= 0.6 is 23.2 Å². The summed E-state index contributed by atoms with van der Waals surface area (Å²) >= 11 is 12.8. The maximum Gasteiger partial charge on any atom is 0.414 e. The lowest BCUT2D eigenvalue weighted by atomic mass is 10.1. The fraction of sp³-hybridized carbons (Fsp3) is 0.235. The first kappa shape index (κ1) is 17.5. The molecule has 1 N–H and O–H groups in total. The Hall–Kier alpha value is -2.31. The van der Waals surface area contributed by atoms with Crippen molar-refractivity contribution in [3.8, 4) is 11.1 Å². The number of hydrogen-bond acceptors (Lipinski definition) is 4. The summed E-state index contributed by atoms with van der Waals surface area (Å²) in [4.78, 5) is 28.6. The Kier molecular flexibility index (Phi) is 5.11. The van der Waals surface area contributed by atoms with Gasteiger partial charge in [-0.05, 0) is 18.2 Å². The summed E-state index contributed by atoms with van der Waals surface area (Å²) in [6, 6.07) is 6.98. The number of cyclic esters (lactones) is 1. The highest BCUT2D eigenvalue weighted by molar-refractivity contribution is 6.39. The zero-order valence-electron chi connectivity index (χ0n) is 13.3. The molecule has 1 aliphatic heterocycles. The first-order valence-electron chi connectivity index (χ1n) is 7.57. The Balaban J connectivity index is 1.84. The highest BCUT2D eigenvalue weighted by atomic mass is 35.5. The zero-order chi connectivity index (χ0) is 18.0. The number of benzene rings is 1. The summed E-state index contributed by atoms with van der Waals surface area (Å²) in [6.45, 7) is 1.97. The number of hydrogen-bond donors (Lipinski definition) is 1. The summed E-state index contributed by atoms with van der Waals surface area (Å²) in [5.41, 5.74) is 1.98. The number of aromatic nitrogens is 1. The summed E-state index contributed by atoms with van der Waals surface area (Å²) in [6.07, 6.45) is 2.40. The highest BCUT2D eigenvalue weighted by Gasteiger charge is 2.33. The van der Waals surface area contributed by atoms with Crippen LogP contribution in [0.3, 0.4) is 0 Å². The van der Waals surface area contributed by atoms with E-state index in [0.29, 0.717) is 27.8 Å². The second-order valence-corrected chi connectivity index (χ2v) is 6.39. The monoisotopic (exact) mass is 379 g/mol. The van der Waals surface area contributed by atoms with Gasteiger partial charge in [0, 0.05) is 30.4 Å². The number of nitrogens with one attached hydrogen (secondary N) is 1. The van der Waals surface area contributed by atoms with E-state index in [2.05, 4.69) is 10.3 Å². The fourth-order valence-electron chi connectivity index (χ4n) is 2.60. The van der Waals surface area contributed by atoms with Crippen LogP contribution in [-0.4, -0.2) is 36.2 Å². The van der Waals surface area contributed by atoms with Gasteiger partial charge in [-0.2, -0.15) is 0 Å². The van der Waals surface area contributed by atoms with E-state index in [1.54, 1.807) is 30.6 Å². The number of ether oxygens (including phenoxy) is 1. The maximum atomic E-state index is 12.1. The predicted octanol–water partition coefficient (Wildman–Crippen LogP) is 3.52. The fourth-order valence-corrected chi connectivity index (χ4v) is 3.29. The smallest absolute Gasteiger partial charge is 0.414 e. The minimum absolute atomic E-state index is 0.179. The van der Waals surface area contributed by atoms with Crippen molar-refractivity contribution in [3.63, 3.8) is 0 Å². The van der Waals surface area contributed by atoms with Crippen LogP contribution in [0.5, 0.6) is 0 Å². The molecule has 1 atom stereocenters. The molecular weight excluding hydrogens is 365 g/mol. The largest absolute Gasteiger partial charge is 0.442 e. The second kappa shape index (κ2) is 7.29. The van der Waals surface area contributed by atoms with Gasteiger partial charge in [-0.3, -0.25) is 14.7 Å². The SMILES string of the molecule is CC(=O)NCC1CN(c2cc(Cl)c(-c3cccnc3)c(Cl)c2)C(=O)O1. The molecule has 0 spiro atoms. The molecule has 0 bridgehead atoms. The predicted molar refractivity (Wildman–Crippen MR) is 96.0 cm³/mol. The van der Waals surface area contributed by atoms with Crippen molar-refractivity contribution in [3.05, 3.63) is 46.7 Å². The average Bonchev–Trinajstić information content (AvgIpc) is 2.94. The van der Waals surface area contributed by atoms with Crippen molar-refractivity contribution in [2.24, 2.45) is 0 Å². The van der Waals surface area contributed by atoms with Crippen molar-refractivity contribution in [2.75, 3.05) is 18.0 Å². The third-order valence-electron chi connectivity index (χ3n) is 3.74. The summed E-state index contributed by atoms with van der Waals surface area (Å²) in [7, 11) is 0. The number of halogens is 2. The van der Waals surface area contributed by atoms with Crippen molar-refractivity contribution >= 4 is 40.9 Å². The van der Waals surface area contributed by atoms with Gasteiger partial charge in [-0.25, -0.2) is 4.79 Å². The number of carbonyl (C=O) groups excluding carboxylic acids is 2. The van der Waals surface area contributed by atoms with Gasteiger partial charge >= 0.3 is 6.09 Å². The van der Waals surface area contributed by atoms with Crippen LogP contribution in [0.2, 0.25) is 10.0 Å². The molecule has 0 saturated carbocycles. The number of nitrogens with zero attached hydrogens (tertiary/aromatic N) is 2. The molecule has 1 fully saturated rings. The maximum absolute atomic E-state index is 12.1. The zero-order valence-corrected chi connectivity index (χ0v) is 14.8. The molecule has 0 aliphatic carbocycles. The van der Waals surface area contributed by atoms with Gasteiger partial charge in [-0.15, -0.1) is 0 Å². The van der Waals surface area contributed by atoms with Crippen LogP contribution in [-0.2, 0) is 9.53 Å². The third kappa shape index (κ3) is 3.86. The molecule has 1 aromatic carbocycles. The number of rotatable bonds is 4. The first-order valence-corrected chi connectivity index (χ1v) is 8.33. The Morgan fingerprint density at radius 2 is 2.12 bits per heavy atom. The van der Waals surface area contributed by atoms with Crippen molar-refractivity contribution in [2.45, 2.75) is 13.0 Å². The van der Waals surface area contributed by atoms with Gasteiger partial charge in [0.15, 0.2) is 0 Å². The summed E-state index contributed by atoms with van der Waals surface area (Å²) in [5.74, 6) is -0.179. The molecule has 2 amide bonds. The highest BCUT2D eigenvalue weighted by Crippen LogP contribution is 2.38. The minimum Gasteiger partial charge on any atom is -0.442 e. The van der Waals surface area contributed by atoms with Crippen LogP contribution < -0.4 is 10.2 Å². The molecule has 8 heteroatoms. The summed E-state index contributed by atoms with van der Waals surface area (Å²) in [5, 5.41) is 3.45. The van der Waals surface area contributed by atoms with Crippen molar-refractivity contribution < 1.29 is 14.3 Å². The lowest BCUT2D eigenvalue weighted by Crippen LogP contribution is -2.33. The third-order valence-corrected chi connectivity index (χ3v) is 4.34. The van der Waals surface area contributed by atoms with Crippen LogP contribution in [0.4, 0.5) is 10.5 Å². The molecular formula is C17H15Cl2N3O3. The lowest BCUT2D eigenvalue weighted by molar-refractivity contribution is -0.119. The van der Waals surface area contributed by atoms with Gasteiger partial charge in [0.05, 0.1) is 28.8 Å². The molecule has 1 unspecified atom stereocenters. The molecule has 2 heterocycles. The van der Waals surface area contributed by atoms with Crippen molar-refractivity contribution in [1.82, 2.24) is 10.3 Å². The molecule has 1 aliphatic rings. The molecule has 3 rings (SSSR count). The van der Waals surface area contributed by atoms with E-state index in [1.165, 1.54) is 11.8 Å². The first-order chi connectivity index (χ1) is 12.0. The van der Waals surface area contributed by atoms with Gasteiger partial charge in [0.2, 0.25) is 5.91 Å². The standard InChI is InChI=1S/C17H15Cl2N3O3/c1-10(23)21-8-13-9-22(17(24)25-13)12-5-14(18)16(15(19)6-12)11-3-2-4-20-7-11/h2-7,13H,8-9H2,1H3,(H,21,23).